The summed E-state index contributed by atoms with van der Waals surface area (Å²) in [4.78, 5) is 8.71. The second-order valence-corrected chi connectivity index (χ2v) is 5.50. The van der Waals surface area contributed by atoms with Gasteiger partial charge in [0.2, 0.25) is 5.89 Å². The number of nitrogens with zero attached hydrogens (tertiary/aromatic N) is 3. The molecule has 3 heterocycles. The number of hydrogen-bond donors (Lipinski definition) is 2. The summed E-state index contributed by atoms with van der Waals surface area (Å²) < 4.78 is 5.22. The largest absolute Gasteiger partial charge is 0.392 e. The SMILES string of the molecule is Cc1nc(Cc2noc([C@@H]3C[C@H](O)CN3)n2)cs1. The lowest BCUT2D eigenvalue weighted by Gasteiger charge is -2.01. The van der Waals surface area contributed by atoms with Crippen LogP contribution in [-0.4, -0.2) is 32.9 Å². The average Bonchev–Trinajstić information content (AvgIpc) is 3.01. The number of nitrogens with one attached hydrogen (secondary N) is 1. The van der Waals surface area contributed by atoms with Crippen LogP contribution in [-0.2, 0) is 6.42 Å². The zero-order chi connectivity index (χ0) is 12.5. The van der Waals surface area contributed by atoms with Crippen LogP contribution in [0.2, 0.25) is 0 Å². The Balaban J connectivity index is 1.70. The van der Waals surface area contributed by atoms with E-state index in [1.807, 2.05) is 12.3 Å². The van der Waals surface area contributed by atoms with Gasteiger partial charge in [-0.05, 0) is 13.3 Å². The molecule has 6 nitrogen and oxygen atoms in total. The van der Waals surface area contributed by atoms with Gasteiger partial charge in [0.25, 0.3) is 0 Å². The first-order valence-corrected chi connectivity index (χ1v) is 6.73. The van der Waals surface area contributed by atoms with Crippen molar-refractivity contribution in [3.8, 4) is 0 Å². The number of thiazole rings is 1. The summed E-state index contributed by atoms with van der Waals surface area (Å²) in [5, 5.41) is 19.6. The minimum Gasteiger partial charge on any atom is -0.392 e. The van der Waals surface area contributed by atoms with Crippen molar-refractivity contribution < 1.29 is 9.63 Å². The van der Waals surface area contributed by atoms with Crippen molar-refractivity contribution in [2.24, 2.45) is 0 Å². The number of aliphatic hydroxyl groups is 1. The van der Waals surface area contributed by atoms with E-state index < -0.39 is 0 Å². The molecule has 7 heteroatoms. The van der Waals surface area contributed by atoms with Gasteiger partial charge in [-0.15, -0.1) is 11.3 Å². The van der Waals surface area contributed by atoms with Gasteiger partial charge in [0.05, 0.1) is 29.3 Å². The quantitative estimate of drug-likeness (QED) is 0.855. The van der Waals surface area contributed by atoms with Crippen LogP contribution in [0.25, 0.3) is 0 Å². The number of aliphatic hydroxyl groups excluding tert-OH is 1. The van der Waals surface area contributed by atoms with E-state index in [0.717, 1.165) is 10.7 Å². The highest BCUT2D eigenvalue weighted by atomic mass is 32.1. The van der Waals surface area contributed by atoms with Crippen molar-refractivity contribution in [2.75, 3.05) is 6.54 Å². The highest BCUT2D eigenvalue weighted by Crippen LogP contribution is 2.22. The maximum atomic E-state index is 9.44. The first kappa shape index (κ1) is 11.8. The van der Waals surface area contributed by atoms with Gasteiger partial charge in [-0.3, -0.25) is 0 Å². The highest BCUT2D eigenvalue weighted by Gasteiger charge is 2.28. The molecule has 0 spiro atoms. The van der Waals surface area contributed by atoms with E-state index in [1.165, 1.54) is 0 Å². The van der Waals surface area contributed by atoms with Gasteiger partial charge in [0.15, 0.2) is 5.82 Å². The van der Waals surface area contributed by atoms with Crippen LogP contribution in [0.4, 0.5) is 0 Å². The van der Waals surface area contributed by atoms with Crippen molar-refractivity contribution in [1.82, 2.24) is 20.4 Å². The molecule has 1 saturated heterocycles. The molecule has 0 aromatic carbocycles. The van der Waals surface area contributed by atoms with Crippen LogP contribution in [0.5, 0.6) is 0 Å². The molecule has 3 rings (SSSR count). The van der Waals surface area contributed by atoms with Crippen molar-refractivity contribution >= 4 is 11.3 Å². The van der Waals surface area contributed by atoms with Gasteiger partial charge in [-0.2, -0.15) is 4.98 Å². The lowest BCUT2D eigenvalue weighted by Crippen LogP contribution is -2.15. The summed E-state index contributed by atoms with van der Waals surface area (Å²) in [6.07, 6.45) is 0.882. The van der Waals surface area contributed by atoms with E-state index in [4.69, 9.17) is 4.52 Å². The van der Waals surface area contributed by atoms with Crippen molar-refractivity contribution in [2.45, 2.75) is 31.9 Å². The van der Waals surface area contributed by atoms with Crippen molar-refractivity contribution in [1.29, 1.82) is 0 Å². The van der Waals surface area contributed by atoms with Gasteiger partial charge in [-0.1, -0.05) is 5.16 Å². The molecule has 0 aliphatic carbocycles. The second-order valence-electron chi connectivity index (χ2n) is 4.43. The van der Waals surface area contributed by atoms with E-state index in [-0.39, 0.29) is 12.1 Å². The summed E-state index contributed by atoms with van der Waals surface area (Å²) >= 11 is 1.61. The van der Waals surface area contributed by atoms with Gasteiger partial charge in [-0.25, -0.2) is 4.98 Å². The fourth-order valence-corrected chi connectivity index (χ4v) is 2.65. The Morgan fingerprint density at radius 2 is 2.44 bits per heavy atom. The summed E-state index contributed by atoms with van der Waals surface area (Å²) in [6.45, 7) is 2.55. The first-order valence-electron chi connectivity index (χ1n) is 5.85. The van der Waals surface area contributed by atoms with Crippen LogP contribution in [0.1, 0.15) is 34.9 Å². The Hall–Kier alpha value is -1.31. The van der Waals surface area contributed by atoms with Crippen molar-refractivity contribution in [3.05, 3.63) is 27.8 Å². The monoisotopic (exact) mass is 266 g/mol. The predicted octanol–water partition coefficient (Wildman–Crippen LogP) is 0.821. The fourth-order valence-electron chi connectivity index (χ4n) is 2.04. The van der Waals surface area contributed by atoms with Crippen LogP contribution >= 0.6 is 11.3 Å². The molecule has 1 aliphatic heterocycles. The number of aryl methyl sites for hydroxylation is 1. The Labute approximate surface area is 108 Å². The number of aromatic nitrogens is 3. The van der Waals surface area contributed by atoms with Crippen LogP contribution in [0, 0.1) is 6.92 Å². The Kier molecular flexibility index (Phi) is 3.11. The lowest BCUT2D eigenvalue weighted by molar-refractivity contribution is 0.191. The Bertz CT molecular complexity index is 539. The molecule has 0 amide bonds. The summed E-state index contributed by atoms with van der Waals surface area (Å²) in [7, 11) is 0. The van der Waals surface area contributed by atoms with Crippen LogP contribution < -0.4 is 5.32 Å². The maximum Gasteiger partial charge on any atom is 0.243 e. The van der Waals surface area contributed by atoms with Crippen LogP contribution in [0.15, 0.2) is 9.90 Å². The second kappa shape index (κ2) is 4.75. The summed E-state index contributed by atoms with van der Waals surface area (Å²) in [5.41, 5.74) is 0.962. The lowest BCUT2D eigenvalue weighted by atomic mass is 10.2. The molecule has 2 aromatic rings. The predicted molar refractivity (Wildman–Crippen MR) is 65.3 cm³/mol. The molecular formula is C11H14N4O2S. The number of β-amino-alcohol motifs (C(OH)–C–C–N with tert-alkyl or cyclic N) is 1. The minimum absolute atomic E-state index is 0.0292. The molecule has 0 radical (unpaired) electrons. The van der Waals surface area contributed by atoms with E-state index in [1.54, 1.807) is 11.3 Å². The third-order valence-corrected chi connectivity index (χ3v) is 3.72. The number of hydrogen-bond acceptors (Lipinski definition) is 7. The van der Waals surface area contributed by atoms with E-state index in [0.29, 0.717) is 31.1 Å². The molecule has 0 bridgehead atoms. The van der Waals surface area contributed by atoms with Gasteiger partial charge in [0.1, 0.15) is 0 Å². The third kappa shape index (κ3) is 2.43. The van der Waals surface area contributed by atoms with Crippen molar-refractivity contribution in [3.63, 3.8) is 0 Å². The van der Waals surface area contributed by atoms with Gasteiger partial charge in [0, 0.05) is 11.9 Å². The zero-order valence-corrected chi connectivity index (χ0v) is 10.8. The molecule has 0 saturated carbocycles. The minimum atomic E-state index is -0.327. The average molecular weight is 266 g/mol. The molecule has 0 unspecified atom stereocenters. The Morgan fingerprint density at radius 3 is 3.11 bits per heavy atom. The van der Waals surface area contributed by atoms with Gasteiger partial charge < -0.3 is 14.9 Å². The molecule has 1 fully saturated rings. The molecule has 2 atom stereocenters. The van der Waals surface area contributed by atoms with E-state index in [9.17, 15) is 5.11 Å². The fraction of sp³-hybridized carbons (Fsp3) is 0.545. The molecule has 18 heavy (non-hydrogen) atoms. The molecule has 2 aromatic heterocycles. The van der Waals surface area contributed by atoms with E-state index >= 15 is 0 Å². The summed E-state index contributed by atoms with van der Waals surface area (Å²) in [5.74, 6) is 1.19. The highest BCUT2D eigenvalue weighted by molar-refractivity contribution is 7.09. The number of rotatable bonds is 3. The smallest absolute Gasteiger partial charge is 0.243 e. The molecular weight excluding hydrogens is 252 g/mol. The molecule has 1 aliphatic rings. The van der Waals surface area contributed by atoms with Crippen LogP contribution in [0.3, 0.4) is 0 Å². The first-order chi connectivity index (χ1) is 8.70. The standard InChI is InChI=1S/C11H14N4O2S/c1-6-13-7(5-18-6)2-10-14-11(17-15-10)9-3-8(16)4-12-9/h5,8-9,12,16H,2-4H2,1H3/t8-,9-/m0/s1. The third-order valence-electron chi connectivity index (χ3n) is 2.90. The normalized spacial score (nSPS) is 23.7. The topological polar surface area (TPSA) is 84.1 Å². The van der Waals surface area contributed by atoms with Gasteiger partial charge >= 0.3 is 0 Å². The zero-order valence-electron chi connectivity index (χ0n) is 9.96. The summed E-state index contributed by atoms with van der Waals surface area (Å²) in [6, 6.07) is -0.0292. The Morgan fingerprint density at radius 1 is 1.56 bits per heavy atom. The molecule has 96 valence electrons. The molecule has 2 N–H and O–H groups in total. The maximum absolute atomic E-state index is 9.44. The van der Waals surface area contributed by atoms with E-state index in [2.05, 4.69) is 20.4 Å².